The summed E-state index contributed by atoms with van der Waals surface area (Å²) in [7, 11) is 0. The van der Waals surface area contributed by atoms with Crippen LogP contribution in [0.5, 0.6) is 0 Å². The van der Waals surface area contributed by atoms with Crippen molar-refractivity contribution >= 4 is 28.4 Å². The monoisotopic (exact) mass is 224 g/mol. The van der Waals surface area contributed by atoms with Gasteiger partial charge in [0.2, 0.25) is 0 Å². The fourth-order valence-corrected chi connectivity index (χ4v) is 2.38. The molecule has 1 aliphatic rings. The van der Waals surface area contributed by atoms with Crippen LogP contribution in [0, 0.1) is 0 Å². The van der Waals surface area contributed by atoms with Crippen molar-refractivity contribution in [2.45, 2.75) is 12.8 Å². The number of fused-ring (bicyclic) bond motifs is 3. The SMILES string of the molecule is C=CCC1=c2c(oc3ccccc23)=CC(=O)C1. The van der Waals surface area contributed by atoms with Crippen molar-refractivity contribution in [3.8, 4) is 0 Å². The van der Waals surface area contributed by atoms with Crippen LogP contribution in [0.2, 0.25) is 0 Å². The number of Topliss-reactive ketones (excluding diaryl/α,β-unsaturated/α-hetero) is 1. The van der Waals surface area contributed by atoms with Gasteiger partial charge in [0.25, 0.3) is 0 Å². The predicted octanol–water partition coefficient (Wildman–Crippen LogP) is 1.91. The van der Waals surface area contributed by atoms with E-state index in [-0.39, 0.29) is 5.78 Å². The Labute approximate surface area is 98.5 Å². The van der Waals surface area contributed by atoms with Crippen LogP contribution in [-0.2, 0) is 4.79 Å². The smallest absolute Gasteiger partial charge is 0.163 e. The molecule has 0 saturated carbocycles. The van der Waals surface area contributed by atoms with Gasteiger partial charge in [-0.1, -0.05) is 24.3 Å². The number of rotatable bonds is 2. The molecule has 2 heteroatoms. The third kappa shape index (κ3) is 1.53. The molecule has 84 valence electrons. The van der Waals surface area contributed by atoms with Gasteiger partial charge in [-0.05, 0) is 18.1 Å². The average molecular weight is 224 g/mol. The molecule has 1 heterocycles. The summed E-state index contributed by atoms with van der Waals surface area (Å²) in [5.74, 6) is 0.105. The summed E-state index contributed by atoms with van der Waals surface area (Å²) in [5, 5.41) is 2.17. The van der Waals surface area contributed by atoms with Crippen LogP contribution in [-0.4, -0.2) is 5.78 Å². The van der Waals surface area contributed by atoms with Crippen LogP contribution in [0.3, 0.4) is 0 Å². The molecule has 0 N–H and O–H groups in total. The topological polar surface area (TPSA) is 30.2 Å². The molecular weight excluding hydrogens is 212 g/mol. The molecule has 0 aliphatic heterocycles. The minimum absolute atomic E-state index is 0.105. The Morgan fingerprint density at radius 1 is 1.35 bits per heavy atom. The highest BCUT2D eigenvalue weighted by Gasteiger charge is 2.14. The first-order chi connectivity index (χ1) is 8.29. The lowest BCUT2D eigenvalue weighted by molar-refractivity contribution is -0.112. The van der Waals surface area contributed by atoms with Crippen molar-refractivity contribution < 1.29 is 9.21 Å². The van der Waals surface area contributed by atoms with Gasteiger partial charge in [-0.15, -0.1) is 6.58 Å². The Morgan fingerprint density at radius 2 is 2.18 bits per heavy atom. The standard InChI is InChI=1S/C15H12O2/c1-2-5-10-8-11(16)9-14-15(10)12-6-3-4-7-13(12)17-14/h2-4,6-7,9H,1,5,8H2. The molecule has 17 heavy (non-hydrogen) atoms. The molecular formula is C15H12O2. The van der Waals surface area contributed by atoms with Gasteiger partial charge in [0.15, 0.2) is 5.78 Å². The van der Waals surface area contributed by atoms with Crippen LogP contribution in [0.1, 0.15) is 12.8 Å². The Bertz CT molecular complexity index is 732. The van der Waals surface area contributed by atoms with Crippen molar-refractivity contribution in [1.82, 2.24) is 0 Å². The van der Waals surface area contributed by atoms with Crippen molar-refractivity contribution in [3.63, 3.8) is 0 Å². The lowest BCUT2D eigenvalue weighted by Crippen LogP contribution is -2.29. The zero-order valence-corrected chi connectivity index (χ0v) is 9.40. The van der Waals surface area contributed by atoms with Crippen molar-refractivity contribution in [3.05, 3.63) is 47.6 Å². The molecule has 1 aromatic heterocycles. The van der Waals surface area contributed by atoms with Gasteiger partial charge in [0, 0.05) is 23.1 Å². The largest absolute Gasteiger partial charge is 0.456 e. The Balaban J connectivity index is 2.51. The third-order valence-corrected chi connectivity index (χ3v) is 3.05. The summed E-state index contributed by atoms with van der Waals surface area (Å²) in [4.78, 5) is 11.6. The average Bonchev–Trinajstić information content (AvgIpc) is 2.67. The van der Waals surface area contributed by atoms with E-state index in [4.69, 9.17) is 4.42 Å². The number of benzene rings is 1. The van der Waals surface area contributed by atoms with Gasteiger partial charge in [-0.3, -0.25) is 4.79 Å². The molecule has 0 radical (unpaired) electrons. The van der Waals surface area contributed by atoms with Crippen molar-refractivity contribution in [1.29, 1.82) is 0 Å². The summed E-state index contributed by atoms with van der Waals surface area (Å²) < 4.78 is 5.71. The Morgan fingerprint density at radius 3 is 3.00 bits per heavy atom. The number of furan rings is 1. The van der Waals surface area contributed by atoms with Crippen LogP contribution in [0.15, 0.2) is 41.3 Å². The minimum Gasteiger partial charge on any atom is -0.456 e. The first kappa shape index (κ1) is 10.1. The Hall–Kier alpha value is -2.09. The summed E-state index contributed by atoms with van der Waals surface area (Å²) in [6, 6.07) is 7.88. The number of para-hydroxylation sites is 1. The molecule has 0 atom stereocenters. The van der Waals surface area contributed by atoms with E-state index >= 15 is 0 Å². The van der Waals surface area contributed by atoms with Crippen LogP contribution >= 0.6 is 0 Å². The predicted molar refractivity (Wildman–Crippen MR) is 67.8 cm³/mol. The zero-order chi connectivity index (χ0) is 11.8. The van der Waals surface area contributed by atoms with E-state index in [1.807, 2.05) is 30.3 Å². The summed E-state index contributed by atoms with van der Waals surface area (Å²) in [5.41, 5.74) is 2.64. The highest BCUT2D eigenvalue weighted by molar-refractivity contribution is 6.11. The zero-order valence-electron chi connectivity index (χ0n) is 9.40. The number of hydrogen-bond donors (Lipinski definition) is 0. The highest BCUT2D eigenvalue weighted by Crippen LogP contribution is 2.15. The maximum Gasteiger partial charge on any atom is 0.163 e. The van der Waals surface area contributed by atoms with E-state index in [1.54, 1.807) is 6.08 Å². The number of carbonyl (C=O) groups excluding carboxylic acids is 1. The molecule has 1 aliphatic carbocycles. The number of carbonyl (C=O) groups is 1. The molecule has 3 rings (SSSR count). The fraction of sp³-hybridized carbons (Fsp3) is 0.133. The molecule has 1 aromatic carbocycles. The molecule has 2 aromatic rings. The van der Waals surface area contributed by atoms with Crippen molar-refractivity contribution in [2.24, 2.45) is 0 Å². The first-order valence-electron chi connectivity index (χ1n) is 5.64. The lowest BCUT2D eigenvalue weighted by Gasteiger charge is -2.04. The van der Waals surface area contributed by atoms with Gasteiger partial charge in [0.05, 0.1) is 0 Å². The van der Waals surface area contributed by atoms with E-state index in [0.717, 1.165) is 28.2 Å². The molecule has 0 saturated heterocycles. The molecule has 2 nitrogen and oxygen atoms in total. The lowest BCUT2D eigenvalue weighted by atomic mass is 9.98. The second kappa shape index (κ2) is 3.74. The van der Waals surface area contributed by atoms with Crippen LogP contribution < -0.4 is 10.6 Å². The van der Waals surface area contributed by atoms with E-state index < -0.39 is 0 Å². The maximum absolute atomic E-state index is 11.6. The quantitative estimate of drug-likeness (QED) is 0.729. The molecule has 0 spiro atoms. The molecule has 0 bridgehead atoms. The second-order valence-electron chi connectivity index (χ2n) is 4.22. The molecule has 0 fully saturated rings. The second-order valence-corrected chi connectivity index (χ2v) is 4.22. The van der Waals surface area contributed by atoms with Gasteiger partial charge in [0.1, 0.15) is 11.0 Å². The minimum atomic E-state index is 0.105. The van der Waals surface area contributed by atoms with E-state index in [9.17, 15) is 4.79 Å². The summed E-state index contributed by atoms with van der Waals surface area (Å²) >= 11 is 0. The summed E-state index contributed by atoms with van der Waals surface area (Å²) in [6.45, 7) is 3.74. The van der Waals surface area contributed by atoms with Gasteiger partial charge in [-0.2, -0.15) is 0 Å². The Kier molecular flexibility index (Phi) is 2.22. The van der Waals surface area contributed by atoms with Gasteiger partial charge >= 0.3 is 0 Å². The number of ketones is 1. The van der Waals surface area contributed by atoms with Crippen LogP contribution in [0.4, 0.5) is 0 Å². The third-order valence-electron chi connectivity index (χ3n) is 3.05. The number of allylic oxidation sites excluding steroid dienone is 1. The van der Waals surface area contributed by atoms with Gasteiger partial charge < -0.3 is 4.42 Å². The molecule has 0 amide bonds. The van der Waals surface area contributed by atoms with E-state index in [2.05, 4.69) is 6.58 Å². The maximum atomic E-state index is 11.6. The number of hydrogen-bond acceptors (Lipinski definition) is 2. The van der Waals surface area contributed by atoms with E-state index in [0.29, 0.717) is 11.8 Å². The normalized spacial score (nSPS) is 14.6. The van der Waals surface area contributed by atoms with E-state index in [1.165, 1.54) is 0 Å². The van der Waals surface area contributed by atoms with Crippen molar-refractivity contribution in [2.75, 3.05) is 0 Å². The van der Waals surface area contributed by atoms with Gasteiger partial charge in [-0.25, -0.2) is 0 Å². The first-order valence-corrected chi connectivity index (χ1v) is 5.64. The fourth-order valence-electron chi connectivity index (χ4n) is 2.38. The molecule has 0 unspecified atom stereocenters. The highest BCUT2D eigenvalue weighted by atomic mass is 16.3. The summed E-state index contributed by atoms with van der Waals surface area (Å²) in [6.07, 6.45) is 4.64. The van der Waals surface area contributed by atoms with Crippen LogP contribution in [0.25, 0.3) is 22.6 Å².